The predicted octanol–water partition coefficient (Wildman–Crippen LogP) is 3.57. The summed E-state index contributed by atoms with van der Waals surface area (Å²) in [5.41, 5.74) is 6.83. The first-order valence-corrected chi connectivity index (χ1v) is 9.04. The molecule has 0 aliphatic carbocycles. The summed E-state index contributed by atoms with van der Waals surface area (Å²) in [5, 5.41) is 2.25. The molecule has 20 heavy (non-hydrogen) atoms. The van der Waals surface area contributed by atoms with Gasteiger partial charge in [0.05, 0.1) is 19.4 Å². The molecule has 108 valence electrons. The molecule has 0 saturated carbocycles. The second-order valence-corrected chi connectivity index (χ2v) is 8.95. The molecule has 1 heterocycles. The van der Waals surface area contributed by atoms with Crippen molar-refractivity contribution in [1.82, 2.24) is 4.31 Å². The quantitative estimate of drug-likeness (QED) is 0.805. The monoisotopic (exact) mass is 394 g/mol. The van der Waals surface area contributed by atoms with Gasteiger partial charge >= 0.3 is 0 Å². The fraction of sp³-hybridized carbons (Fsp3) is 0.167. The molecule has 0 unspecified atom stereocenters. The molecule has 1 aromatic carbocycles. The number of benzene rings is 1. The van der Waals surface area contributed by atoms with Gasteiger partial charge in [0.1, 0.15) is 0 Å². The molecule has 0 aliphatic heterocycles. The largest absolute Gasteiger partial charge is 0.397 e. The zero-order chi connectivity index (χ0) is 14.9. The van der Waals surface area contributed by atoms with Crippen molar-refractivity contribution in [2.45, 2.75) is 11.4 Å². The van der Waals surface area contributed by atoms with Crippen LogP contribution in [-0.4, -0.2) is 19.8 Å². The highest BCUT2D eigenvalue weighted by Gasteiger charge is 2.21. The lowest BCUT2D eigenvalue weighted by molar-refractivity contribution is 0.467. The Labute approximate surface area is 135 Å². The Balaban J connectivity index is 2.27. The highest BCUT2D eigenvalue weighted by Crippen LogP contribution is 2.26. The number of nitrogens with two attached hydrogens (primary N) is 1. The standard InChI is InChI=1S/C12H12BrClN2O2S2/c1-16(6-8-4-12(13)19-7-8)20(17,18)9-2-3-10(14)11(15)5-9/h2-5,7H,6,15H2,1H3. The Kier molecular flexibility index (Phi) is 4.76. The van der Waals surface area contributed by atoms with Crippen LogP contribution in [0.3, 0.4) is 0 Å². The molecule has 0 saturated heterocycles. The number of sulfonamides is 1. The van der Waals surface area contributed by atoms with E-state index < -0.39 is 10.0 Å². The third-order valence-electron chi connectivity index (χ3n) is 2.70. The van der Waals surface area contributed by atoms with Crippen molar-refractivity contribution >= 4 is 54.6 Å². The number of anilines is 1. The third-order valence-corrected chi connectivity index (χ3v) is 6.40. The van der Waals surface area contributed by atoms with Crippen LogP contribution < -0.4 is 5.73 Å². The highest BCUT2D eigenvalue weighted by atomic mass is 79.9. The normalized spacial score (nSPS) is 12.0. The van der Waals surface area contributed by atoms with Crippen molar-refractivity contribution < 1.29 is 8.42 Å². The minimum Gasteiger partial charge on any atom is -0.397 e. The molecule has 4 nitrogen and oxygen atoms in total. The van der Waals surface area contributed by atoms with Gasteiger partial charge in [-0.3, -0.25) is 0 Å². The van der Waals surface area contributed by atoms with Crippen LogP contribution >= 0.6 is 38.9 Å². The fourth-order valence-electron chi connectivity index (χ4n) is 1.63. The van der Waals surface area contributed by atoms with E-state index in [1.54, 1.807) is 0 Å². The van der Waals surface area contributed by atoms with E-state index in [4.69, 9.17) is 17.3 Å². The third kappa shape index (κ3) is 3.35. The van der Waals surface area contributed by atoms with E-state index in [0.29, 0.717) is 11.6 Å². The molecule has 0 atom stereocenters. The first-order chi connectivity index (χ1) is 9.30. The number of hydrogen-bond acceptors (Lipinski definition) is 4. The van der Waals surface area contributed by atoms with Crippen molar-refractivity contribution in [2.75, 3.05) is 12.8 Å². The number of nitrogen functional groups attached to an aromatic ring is 1. The molecule has 0 amide bonds. The summed E-state index contributed by atoms with van der Waals surface area (Å²) in [6.45, 7) is 0.299. The molecule has 0 bridgehead atoms. The summed E-state index contributed by atoms with van der Waals surface area (Å²) < 4.78 is 27.1. The number of rotatable bonds is 4. The number of halogens is 2. The average Bonchev–Trinajstić information content (AvgIpc) is 2.78. The average molecular weight is 396 g/mol. The molecule has 2 N–H and O–H groups in total. The SMILES string of the molecule is CN(Cc1csc(Br)c1)S(=O)(=O)c1ccc(Cl)c(N)c1. The van der Waals surface area contributed by atoms with Crippen LogP contribution in [0.25, 0.3) is 0 Å². The second-order valence-electron chi connectivity index (χ2n) is 4.20. The first-order valence-electron chi connectivity index (χ1n) is 5.55. The molecule has 0 aliphatic rings. The Morgan fingerprint density at radius 3 is 2.65 bits per heavy atom. The van der Waals surface area contributed by atoms with Crippen molar-refractivity contribution in [3.05, 3.63) is 44.0 Å². The minimum absolute atomic E-state index is 0.135. The van der Waals surface area contributed by atoms with Gasteiger partial charge in [0.25, 0.3) is 0 Å². The Hall–Kier alpha value is -0.600. The second kappa shape index (κ2) is 6.03. The smallest absolute Gasteiger partial charge is 0.243 e. The maximum absolute atomic E-state index is 12.4. The van der Waals surface area contributed by atoms with E-state index in [2.05, 4.69) is 15.9 Å². The topological polar surface area (TPSA) is 63.4 Å². The van der Waals surface area contributed by atoms with Gasteiger partial charge in [-0.05, 0) is 51.1 Å². The van der Waals surface area contributed by atoms with Crippen molar-refractivity contribution in [1.29, 1.82) is 0 Å². The zero-order valence-electron chi connectivity index (χ0n) is 10.5. The maximum atomic E-state index is 12.4. The van der Waals surface area contributed by atoms with E-state index >= 15 is 0 Å². The molecule has 8 heteroatoms. The summed E-state index contributed by atoms with van der Waals surface area (Å²) in [6, 6.07) is 6.21. The zero-order valence-corrected chi connectivity index (χ0v) is 14.5. The molecule has 2 aromatic rings. The van der Waals surface area contributed by atoms with Crippen LogP contribution in [0.4, 0.5) is 5.69 Å². The molecular formula is C12H12BrClN2O2S2. The maximum Gasteiger partial charge on any atom is 0.243 e. The van der Waals surface area contributed by atoms with Gasteiger partial charge in [-0.1, -0.05) is 11.6 Å². The molecule has 1 aromatic heterocycles. The van der Waals surface area contributed by atoms with Gasteiger partial charge in [-0.15, -0.1) is 11.3 Å². The van der Waals surface area contributed by atoms with E-state index in [1.165, 1.54) is 40.9 Å². The van der Waals surface area contributed by atoms with Crippen molar-refractivity contribution in [2.24, 2.45) is 0 Å². The van der Waals surface area contributed by atoms with Gasteiger partial charge in [-0.25, -0.2) is 8.42 Å². The molecule has 0 fully saturated rings. The van der Waals surface area contributed by atoms with E-state index in [-0.39, 0.29) is 10.6 Å². The van der Waals surface area contributed by atoms with Gasteiger partial charge in [0.2, 0.25) is 10.0 Å². The van der Waals surface area contributed by atoms with Gasteiger partial charge in [-0.2, -0.15) is 4.31 Å². The fourth-order valence-corrected chi connectivity index (χ4v) is 4.15. The number of thiophene rings is 1. The lowest BCUT2D eigenvalue weighted by Crippen LogP contribution is -2.26. The van der Waals surface area contributed by atoms with E-state index in [0.717, 1.165) is 9.35 Å². The van der Waals surface area contributed by atoms with Gasteiger partial charge < -0.3 is 5.73 Å². The van der Waals surface area contributed by atoms with Crippen LogP contribution in [0, 0.1) is 0 Å². The molecule has 0 radical (unpaired) electrons. The van der Waals surface area contributed by atoms with E-state index in [9.17, 15) is 8.42 Å². The summed E-state index contributed by atoms with van der Waals surface area (Å²) in [6.07, 6.45) is 0. The van der Waals surface area contributed by atoms with Crippen LogP contribution in [0.5, 0.6) is 0 Å². The molecule has 2 rings (SSSR count). The summed E-state index contributed by atoms with van der Waals surface area (Å²) in [7, 11) is -2.05. The summed E-state index contributed by atoms with van der Waals surface area (Å²) >= 11 is 10.7. The Morgan fingerprint density at radius 2 is 2.10 bits per heavy atom. The van der Waals surface area contributed by atoms with Crippen LogP contribution in [-0.2, 0) is 16.6 Å². The number of nitrogens with zero attached hydrogens (tertiary/aromatic N) is 1. The van der Waals surface area contributed by atoms with Crippen LogP contribution in [0.2, 0.25) is 5.02 Å². The summed E-state index contributed by atoms with van der Waals surface area (Å²) in [5.74, 6) is 0. The summed E-state index contributed by atoms with van der Waals surface area (Å²) in [4.78, 5) is 0.135. The lowest BCUT2D eigenvalue weighted by Gasteiger charge is -2.17. The molecule has 0 spiro atoms. The molecular weight excluding hydrogens is 384 g/mol. The van der Waals surface area contributed by atoms with Crippen molar-refractivity contribution in [3.8, 4) is 0 Å². The van der Waals surface area contributed by atoms with Gasteiger partial charge in [0, 0.05) is 13.6 Å². The van der Waals surface area contributed by atoms with Crippen LogP contribution in [0.1, 0.15) is 5.56 Å². The highest BCUT2D eigenvalue weighted by molar-refractivity contribution is 9.11. The minimum atomic E-state index is -3.58. The first kappa shape index (κ1) is 15.8. The van der Waals surface area contributed by atoms with Crippen molar-refractivity contribution in [3.63, 3.8) is 0 Å². The van der Waals surface area contributed by atoms with E-state index in [1.807, 2.05) is 11.4 Å². The lowest BCUT2D eigenvalue weighted by atomic mass is 10.3. The Morgan fingerprint density at radius 1 is 1.40 bits per heavy atom. The van der Waals surface area contributed by atoms with Gasteiger partial charge in [0.15, 0.2) is 0 Å². The Bertz CT molecular complexity index is 731. The predicted molar refractivity (Wildman–Crippen MR) is 86.5 cm³/mol. The van der Waals surface area contributed by atoms with Crippen LogP contribution in [0.15, 0.2) is 38.3 Å². The number of hydrogen-bond donors (Lipinski definition) is 1.